The second kappa shape index (κ2) is 4.69. The zero-order valence-electron chi connectivity index (χ0n) is 10.3. The lowest BCUT2D eigenvalue weighted by molar-refractivity contribution is 0.803. The van der Waals surface area contributed by atoms with Crippen molar-refractivity contribution in [1.82, 2.24) is 4.98 Å². The average Bonchev–Trinajstić information content (AvgIpc) is 2.84. The summed E-state index contributed by atoms with van der Waals surface area (Å²) >= 11 is 0. The van der Waals surface area contributed by atoms with Gasteiger partial charge >= 0.3 is 0 Å². The van der Waals surface area contributed by atoms with Gasteiger partial charge in [0.2, 0.25) is 0 Å². The summed E-state index contributed by atoms with van der Waals surface area (Å²) in [5.74, 6) is 0.346. The van der Waals surface area contributed by atoms with Gasteiger partial charge in [-0.1, -0.05) is 55.5 Å². The number of H-pyrrole nitrogens is 1. The molecule has 2 aromatic carbocycles. The van der Waals surface area contributed by atoms with E-state index in [1.54, 1.807) is 0 Å². The highest BCUT2D eigenvalue weighted by Crippen LogP contribution is 2.29. The Balaban J connectivity index is 2.06. The first-order valence-electron chi connectivity index (χ1n) is 6.30. The zero-order chi connectivity index (χ0) is 12.4. The van der Waals surface area contributed by atoms with Crippen LogP contribution in [0.3, 0.4) is 0 Å². The lowest BCUT2D eigenvalue weighted by Gasteiger charge is -2.13. The molecule has 3 rings (SSSR count). The quantitative estimate of drug-likeness (QED) is 0.685. The van der Waals surface area contributed by atoms with E-state index in [1.807, 2.05) is 0 Å². The van der Waals surface area contributed by atoms with Crippen LogP contribution in [0.5, 0.6) is 0 Å². The number of fused-ring (bicyclic) bond motifs is 1. The largest absolute Gasteiger partial charge is 0.358 e. The summed E-state index contributed by atoms with van der Waals surface area (Å²) in [7, 11) is 0. The summed E-state index contributed by atoms with van der Waals surface area (Å²) in [4.78, 5) is 3.51. The van der Waals surface area contributed by atoms with Gasteiger partial charge in [-0.3, -0.25) is 0 Å². The minimum Gasteiger partial charge on any atom is -0.358 e. The van der Waals surface area contributed by atoms with Crippen molar-refractivity contribution in [2.24, 2.45) is 0 Å². The van der Waals surface area contributed by atoms with Gasteiger partial charge in [-0.25, -0.2) is 0 Å². The van der Waals surface area contributed by atoms with Gasteiger partial charge < -0.3 is 4.98 Å². The van der Waals surface area contributed by atoms with Crippen LogP contribution in [0.15, 0.2) is 60.7 Å². The van der Waals surface area contributed by atoms with Crippen LogP contribution in [0.25, 0.3) is 10.9 Å². The molecule has 1 unspecified atom stereocenters. The Morgan fingerprint density at radius 1 is 0.944 bits per heavy atom. The third-order valence-corrected chi connectivity index (χ3v) is 3.42. The average molecular weight is 234 g/mol. The van der Waals surface area contributed by atoms with Gasteiger partial charge in [-0.2, -0.15) is 0 Å². The molecule has 0 saturated heterocycles. The molecule has 0 amide bonds. The van der Waals surface area contributed by atoms with Crippen molar-refractivity contribution in [2.45, 2.75) is 12.3 Å². The number of hydrogen-bond donors (Lipinski definition) is 1. The Bertz CT molecular complexity index is 604. The first kappa shape index (κ1) is 11.1. The summed E-state index contributed by atoms with van der Waals surface area (Å²) in [6.45, 7) is 4.09. The molecule has 0 fully saturated rings. The highest BCUT2D eigenvalue weighted by molar-refractivity contribution is 5.80. The van der Waals surface area contributed by atoms with Gasteiger partial charge in [0.1, 0.15) is 0 Å². The van der Waals surface area contributed by atoms with E-state index in [0.29, 0.717) is 5.92 Å². The second-order valence-electron chi connectivity index (χ2n) is 4.56. The number of aromatic amines is 1. The van der Waals surface area contributed by atoms with Crippen molar-refractivity contribution in [1.29, 1.82) is 0 Å². The van der Waals surface area contributed by atoms with E-state index >= 15 is 0 Å². The van der Waals surface area contributed by atoms with Crippen molar-refractivity contribution < 1.29 is 0 Å². The smallest absolute Gasteiger partial charge is 0.0456 e. The molecule has 3 aromatic rings. The van der Waals surface area contributed by atoms with E-state index in [0.717, 1.165) is 6.42 Å². The van der Waals surface area contributed by atoms with Crippen LogP contribution < -0.4 is 0 Å². The Morgan fingerprint density at radius 2 is 1.67 bits per heavy atom. The highest BCUT2D eigenvalue weighted by Gasteiger charge is 2.13. The number of para-hydroxylation sites is 1. The Kier molecular flexibility index (Phi) is 2.89. The molecule has 0 aliphatic heterocycles. The molecular weight excluding hydrogens is 218 g/mol. The van der Waals surface area contributed by atoms with Gasteiger partial charge in [0.15, 0.2) is 0 Å². The Morgan fingerprint density at radius 3 is 2.39 bits per heavy atom. The molecule has 0 aliphatic carbocycles. The summed E-state index contributed by atoms with van der Waals surface area (Å²) in [6.07, 6.45) is 0.858. The summed E-state index contributed by atoms with van der Waals surface area (Å²) in [5.41, 5.74) is 3.76. The minimum atomic E-state index is 0.346. The Labute approximate surface area is 107 Å². The fraction of sp³-hybridized carbons (Fsp3) is 0.118. The van der Waals surface area contributed by atoms with Crippen LogP contribution in [0.1, 0.15) is 23.6 Å². The van der Waals surface area contributed by atoms with Crippen molar-refractivity contribution in [3.63, 3.8) is 0 Å². The molecule has 0 spiro atoms. The number of rotatable bonds is 3. The molecule has 0 aliphatic rings. The third kappa shape index (κ3) is 1.92. The molecule has 0 saturated carbocycles. The number of aromatic nitrogens is 1. The summed E-state index contributed by atoms with van der Waals surface area (Å²) < 4.78 is 0. The standard InChI is InChI=1S/C17H16N/c1-2-15(13-8-4-3-5-9-13)17-12-14-10-6-7-11-16(14)18-17/h3-12,15,18H,1-2H2. The molecule has 1 heteroatoms. The van der Waals surface area contributed by atoms with Crippen LogP contribution >= 0.6 is 0 Å². The predicted molar refractivity (Wildman–Crippen MR) is 76.6 cm³/mol. The zero-order valence-corrected chi connectivity index (χ0v) is 10.3. The summed E-state index contributed by atoms with van der Waals surface area (Å²) in [6, 6.07) is 21.2. The van der Waals surface area contributed by atoms with E-state index in [9.17, 15) is 0 Å². The SMILES string of the molecule is [CH2]CC(c1ccccc1)c1cc2ccccc2[nH]1. The van der Waals surface area contributed by atoms with E-state index in [1.165, 1.54) is 22.2 Å². The van der Waals surface area contributed by atoms with E-state index < -0.39 is 0 Å². The van der Waals surface area contributed by atoms with E-state index in [-0.39, 0.29) is 0 Å². The second-order valence-corrected chi connectivity index (χ2v) is 4.56. The Hall–Kier alpha value is -2.02. The lowest BCUT2D eigenvalue weighted by Crippen LogP contribution is -1.99. The molecule has 1 N–H and O–H groups in total. The molecule has 1 heterocycles. The molecular formula is C17H16N. The van der Waals surface area contributed by atoms with E-state index in [2.05, 4.69) is 72.6 Å². The normalized spacial score (nSPS) is 12.7. The molecule has 0 bridgehead atoms. The third-order valence-electron chi connectivity index (χ3n) is 3.42. The van der Waals surface area contributed by atoms with Crippen molar-refractivity contribution in [3.05, 3.63) is 78.8 Å². The van der Waals surface area contributed by atoms with Crippen LogP contribution in [-0.4, -0.2) is 4.98 Å². The minimum absolute atomic E-state index is 0.346. The van der Waals surface area contributed by atoms with Crippen LogP contribution in [0.2, 0.25) is 0 Å². The number of hydrogen-bond acceptors (Lipinski definition) is 0. The monoisotopic (exact) mass is 234 g/mol. The highest BCUT2D eigenvalue weighted by atomic mass is 14.7. The van der Waals surface area contributed by atoms with Crippen molar-refractivity contribution >= 4 is 10.9 Å². The van der Waals surface area contributed by atoms with Gasteiger partial charge in [0, 0.05) is 17.1 Å². The van der Waals surface area contributed by atoms with Crippen LogP contribution in [0.4, 0.5) is 0 Å². The summed E-state index contributed by atoms with van der Waals surface area (Å²) in [5, 5.41) is 1.27. The maximum Gasteiger partial charge on any atom is 0.0456 e. The molecule has 1 aromatic heterocycles. The maximum atomic E-state index is 4.09. The van der Waals surface area contributed by atoms with E-state index in [4.69, 9.17) is 0 Å². The lowest BCUT2D eigenvalue weighted by atomic mass is 9.93. The number of nitrogens with one attached hydrogen (secondary N) is 1. The van der Waals surface area contributed by atoms with Gasteiger partial charge in [0.25, 0.3) is 0 Å². The fourth-order valence-corrected chi connectivity index (χ4v) is 2.47. The topological polar surface area (TPSA) is 15.8 Å². The predicted octanol–water partition coefficient (Wildman–Crippen LogP) is 4.52. The van der Waals surface area contributed by atoms with Crippen LogP contribution in [-0.2, 0) is 0 Å². The van der Waals surface area contributed by atoms with Gasteiger partial charge in [-0.05, 0) is 29.5 Å². The van der Waals surface area contributed by atoms with Crippen molar-refractivity contribution in [2.75, 3.05) is 0 Å². The number of benzene rings is 2. The molecule has 1 radical (unpaired) electrons. The fourth-order valence-electron chi connectivity index (χ4n) is 2.47. The van der Waals surface area contributed by atoms with Gasteiger partial charge in [-0.15, -0.1) is 0 Å². The maximum absolute atomic E-state index is 4.09. The van der Waals surface area contributed by atoms with Crippen molar-refractivity contribution in [3.8, 4) is 0 Å². The first-order valence-corrected chi connectivity index (χ1v) is 6.30. The first-order chi connectivity index (χ1) is 8.88. The molecule has 1 atom stereocenters. The molecule has 18 heavy (non-hydrogen) atoms. The van der Waals surface area contributed by atoms with Gasteiger partial charge in [0.05, 0.1) is 0 Å². The molecule has 89 valence electrons. The molecule has 1 nitrogen and oxygen atoms in total. The van der Waals surface area contributed by atoms with Crippen LogP contribution in [0, 0.1) is 6.92 Å².